The molecule has 3 rings (SSSR count). The lowest BCUT2D eigenvalue weighted by Gasteiger charge is -2.26. The number of ether oxygens (including phenoxy) is 2. The van der Waals surface area contributed by atoms with Crippen LogP contribution in [-0.4, -0.2) is 63.4 Å². The molecular formula is C21H27FN4O4. The van der Waals surface area contributed by atoms with Crippen LogP contribution in [0.1, 0.15) is 37.7 Å². The van der Waals surface area contributed by atoms with Crippen molar-refractivity contribution in [1.82, 2.24) is 19.6 Å². The van der Waals surface area contributed by atoms with Gasteiger partial charge in [-0.15, -0.1) is 0 Å². The molecule has 30 heavy (non-hydrogen) atoms. The molecule has 0 saturated carbocycles. The summed E-state index contributed by atoms with van der Waals surface area (Å²) in [6, 6.07) is 7.31. The number of aromatic nitrogens is 2. The first-order chi connectivity index (χ1) is 14.2. The number of carbonyl (C=O) groups excluding carboxylic acids is 2. The highest BCUT2D eigenvalue weighted by atomic mass is 19.1. The van der Waals surface area contributed by atoms with Gasteiger partial charge in [0.2, 0.25) is 0 Å². The topological polar surface area (TPSA) is 76.9 Å². The molecule has 8 nitrogen and oxygen atoms in total. The van der Waals surface area contributed by atoms with Crippen LogP contribution in [0.5, 0.6) is 5.75 Å². The van der Waals surface area contributed by atoms with Crippen LogP contribution >= 0.6 is 0 Å². The molecule has 2 amide bonds. The highest BCUT2D eigenvalue weighted by Crippen LogP contribution is 2.14. The van der Waals surface area contributed by atoms with Crippen LogP contribution in [0.4, 0.5) is 9.18 Å². The van der Waals surface area contributed by atoms with Crippen molar-refractivity contribution in [1.29, 1.82) is 0 Å². The number of amides is 2. The number of rotatable bonds is 4. The highest BCUT2D eigenvalue weighted by Gasteiger charge is 2.27. The number of nitrogens with zero attached hydrogens (tertiary/aromatic N) is 4. The molecule has 9 heteroatoms. The number of hydrogen-bond donors (Lipinski definition) is 0. The zero-order valence-corrected chi connectivity index (χ0v) is 17.5. The Kier molecular flexibility index (Phi) is 6.59. The summed E-state index contributed by atoms with van der Waals surface area (Å²) in [5, 5.41) is 4.27. The van der Waals surface area contributed by atoms with Gasteiger partial charge < -0.3 is 19.3 Å². The average Bonchev–Trinajstić information content (AvgIpc) is 3.01. The largest absolute Gasteiger partial charge is 0.471 e. The molecule has 1 aromatic heterocycles. The van der Waals surface area contributed by atoms with Crippen molar-refractivity contribution >= 4 is 12.0 Å². The lowest BCUT2D eigenvalue weighted by molar-refractivity contribution is 0.0255. The number of carbonyl (C=O) groups is 2. The number of halogens is 1. The summed E-state index contributed by atoms with van der Waals surface area (Å²) in [5.74, 6) is -0.0203. The molecule has 1 aromatic carbocycles. The minimum Gasteiger partial charge on any atom is -0.471 e. The van der Waals surface area contributed by atoms with E-state index in [0.717, 1.165) is 0 Å². The zero-order chi connectivity index (χ0) is 21.7. The van der Waals surface area contributed by atoms with Crippen molar-refractivity contribution in [3.8, 4) is 5.75 Å². The number of hydrogen-bond acceptors (Lipinski definition) is 5. The van der Waals surface area contributed by atoms with Crippen LogP contribution in [-0.2, 0) is 11.5 Å². The minimum atomic E-state index is -0.554. The van der Waals surface area contributed by atoms with Gasteiger partial charge >= 0.3 is 6.09 Å². The van der Waals surface area contributed by atoms with E-state index in [1.54, 1.807) is 22.1 Å². The molecule has 1 aliphatic rings. The van der Waals surface area contributed by atoms with Gasteiger partial charge in [-0.1, -0.05) is 0 Å². The Bertz CT molecular complexity index is 876. The molecule has 1 aliphatic heterocycles. The molecule has 0 unspecified atom stereocenters. The van der Waals surface area contributed by atoms with Crippen LogP contribution in [0.15, 0.2) is 36.5 Å². The third-order valence-corrected chi connectivity index (χ3v) is 4.47. The maximum absolute atomic E-state index is 12.9. The van der Waals surface area contributed by atoms with Crippen molar-refractivity contribution in [2.24, 2.45) is 0 Å². The lowest BCUT2D eigenvalue weighted by Crippen LogP contribution is -2.40. The molecule has 1 saturated heterocycles. The van der Waals surface area contributed by atoms with Gasteiger partial charge in [-0.05, 0) is 57.5 Å². The van der Waals surface area contributed by atoms with Gasteiger partial charge in [0, 0.05) is 32.4 Å². The summed E-state index contributed by atoms with van der Waals surface area (Å²) in [6.45, 7) is 7.49. The second-order valence-corrected chi connectivity index (χ2v) is 8.08. The van der Waals surface area contributed by atoms with Crippen LogP contribution in [0.2, 0.25) is 0 Å². The van der Waals surface area contributed by atoms with E-state index >= 15 is 0 Å². The first kappa shape index (κ1) is 21.6. The summed E-state index contributed by atoms with van der Waals surface area (Å²) in [6.07, 6.45) is 1.96. The maximum atomic E-state index is 12.9. The molecule has 0 radical (unpaired) electrons. The van der Waals surface area contributed by atoms with E-state index in [1.807, 2.05) is 20.8 Å². The zero-order valence-electron chi connectivity index (χ0n) is 17.5. The molecule has 0 N–H and O–H groups in total. The second-order valence-electron chi connectivity index (χ2n) is 8.08. The van der Waals surface area contributed by atoms with Crippen molar-refractivity contribution in [3.63, 3.8) is 0 Å². The van der Waals surface area contributed by atoms with Gasteiger partial charge in [0.05, 0.1) is 0 Å². The summed E-state index contributed by atoms with van der Waals surface area (Å²) in [4.78, 5) is 28.4. The Morgan fingerprint density at radius 1 is 1.03 bits per heavy atom. The molecule has 2 aromatic rings. The standard InChI is InChI=1S/C21H27FN4O4/c1-21(2,3)30-20(28)25-11-4-10-24(13-14-25)19(27)18-9-12-26(23-18)15-29-17-7-5-16(22)6-8-17/h5-9,12H,4,10-11,13-15H2,1-3H3. The van der Waals surface area contributed by atoms with Gasteiger partial charge in [-0.25, -0.2) is 13.9 Å². The Morgan fingerprint density at radius 3 is 2.40 bits per heavy atom. The summed E-state index contributed by atoms with van der Waals surface area (Å²) in [5.41, 5.74) is -0.245. The summed E-state index contributed by atoms with van der Waals surface area (Å²) in [7, 11) is 0. The molecule has 0 spiro atoms. The third-order valence-electron chi connectivity index (χ3n) is 4.47. The smallest absolute Gasteiger partial charge is 0.410 e. The normalized spacial score (nSPS) is 14.9. The molecular weight excluding hydrogens is 391 g/mol. The predicted octanol–water partition coefficient (Wildman–Crippen LogP) is 3.14. The second kappa shape index (κ2) is 9.15. The van der Waals surface area contributed by atoms with E-state index in [4.69, 9.17) is 9.47 Å². The fourth-order valence-corrected chi connectivity index (χ4v) is 3.01. The Balaban J connectivity index is 1.54. The van der Waals surface area contributed by atoms with Gasteiger partial charge in [0.1, 0.15) is 17.2 Å². The Morgan fingerprint density at radius 2 is 1.70 bits per heavy atom. The minimum absolute atomic E-state index is 0.103. The van der Waals surface area contributed by atoms with Crippen LogP contribution in [0.3, 0.4) is 0 Å². The summed E-state index contributed by atoms with van der Waals surface area (Å²) >= 11 is 0. The number of benzene rings is 1. The van der Waals surface area contributed by atoms with Crippen molar-refractivity contribution < 1.29 is 23.5 Å². The molecule has 1 fully saturated rings. The monoisotopic (exact) mass is 418 g/mol. The fourth-order valence-electron chi connectivity index (χ4n) is 3.01. The molecule has 0 aliphatic carbocycles. The fraction of sp³-hybridized carbons (Fsp3) is 0.476. The van der Waals surface area contributed by atoms with Crippen LogP contribution in [0.25, 0.3) is 0 Å². The average molecular weight is 418 g/mol. The first-order valence-electron chi connectivity index (χ1n) is 9.90. The van der Waals surface area contributed by atoms with Crippen LogP contribution < -0.4 is 4.74 Å². The van der Waals surface area contributed by atoms with Crippen molar-refractivity contribution in [3.05, 3.63) is 48.0 Å². The van der Waals surface area contributed by atoms with Gasteiger partial charge in [-0.3, -0.25) is 4.79 Å². The maximum Gasteiger partial charge on any atom is 0.410 e. The van der Waals surface area contributed by atoms with Gasteiger partial charge in [0.25, 0.3) is 5.91 Å². The third kappa shape index (κ3) is 5.95. The van der Waals surface area contributed by atoms with Crippen molar-refractivity contribution in [2.45, 2.75) is 39.5 Å². The van der Waals surface area contributed by atoms with Crippen LogP contribution in [0, 0.1) is 5.82 Å². The van der Waals surface area contributed by atoms with E-state index in [1.165, 1.54) is 28.9 Å². The molecule has 0 bridgehead atoms. The Labute approximate surface area is 175 Å². The summed E-state index contributed by atoms with van der Waals surface area (Å²) < 4.78 is 25.4. The molecule has 162 valence electrons. The SMILES string of the molecule is CC(C)(C)OC(=O)N1CCCN(C(=O)c2ccn(COc3ccc(F)cc3)n2)CC1. The van der Waals surface area contributed by atoms with E-state index < -0.39 is 5.60 Å². The lowest BCUT2D eigenvalue weighted by atomic mass is 10.2. The molecule has 0 atom stereocenters. The Hall–Kier alpha value is -3.10. The van der Waals surface area contributed by atoms with Gasteiger partial charge in [0.15, 0.2) is 12.4 Å². The van der Waals surface area contributed by atoms with E-state index in [0.29, 0.717) is 44.0 Å². The van der Waals surface area contributed by atoms with E-state index in [2.05, 4.69) is 5.10 Å². The van der Waals surface area contributed by atoms with Gasteiger partial charge in [-0.2, -0.15) is 5.10 Å². The molecule has 2 heterocycles. The highest BCUT2D eigenvalue weighted by molar-refractivity contribution is 5.92. The quantitative estimate of drug-likeness (QED) is 0.762. The van der Waals surface area contributed by atoms with E-state index in [-0.39, 0.29) is 24.5 Å². The van der Waals surface area contributed by atoms with Crippen molar-refractivity contribution in [2.75, 3.05) is 26.2 Å². The van der Waals surface area contributed by atoms with E-state index in [9.17, 15) is 14.0 Å². The first-order valence-corrected chi connectivity index (χ1v) is 9.90. The predicted molar refractivity (Wildman–Crippen MR) is 108 cm³/mol.